The highest BCUT2D eigenvalue weighted by molar-refractivity contribution is 6.01. The van der Waals surface area contributed by atoms with E-state index in [0.29, 0.717) is 5.56 Å². The second-order valence-corrected chi connectivity index (χ2v) is 10.7. The van der Waals surface area contributed by atoms with Crippen molar-refractivity contribution in [2.45, 2.75) is 45.4 Å². The highest BCUT2D eigenvalue weighted by Gasteiger charge is 2.39. The molecule has 0 fully saturated rings. The molecule has 1 aliphatic rings. The first-order chi connectivity index (χ1) is 16.1. The predicted octanol–water partition coefficient (Wildman–Crippen LogP) is 8.03. The van der Waals surface area contributed by atoms with Crippen LogP contribution in [0.2, 0.25) is 0 Å². The molecule has 1 heterocycles. The summed E-state index contributed by atoms with van der Waals surface area (Å²) in [6.07, 6.45) is 0. The zero-order valence-electron chi connectivity index (χ0n) is 20.8. The molecule has 172 valence electrons. The van der Waals surface area contributed by atoms with Gasteiger partial charge in [0.15, 0.2) is 0 Å². The molecule has 0 atom stereocenters. The molecule has 0 saturated heterocycles. The summed E-state index contributed by atoms with van der Waals surface area (Å²) in [7, 11) is 1.42. The van der Waals surface area contributed by atoms with Crippen molar-refractivity contribution in [1.82, 2.24) is 0 Å². The van der Waals surface area contributed by atoms with Gasteiger partial charge in [-0.05, 0) is 69.3 Å². The van der Waals surface area contributed by atoms with E-state index in [9.17, 15) is 4.79 Å². The van der Waals surface area contributed by atoms with Gasteiger partial charge in [-0.3, -0.25) is 0 Å². The Morgan fingerprint density at radius 3 is 2.24 bits per heavy atom. The maximum atomic E-state index is 12.2. The van der Waals surface area contributed by atoms with E-state index in [1.54, 1.807) is 0 Å². The molecule has 0 radical (unpaired) electrons. The number of methoxy groups -OCH3 is 1. The average molecular weight is 450 g/mol. The van der Waals surface area contributed by atoms with E-state index in [-0.39, 0.29) is 16.8 Å². The molecule has 3 heteroatoms. The lowest BCUT2D eigenvalue weighted by Crippen LogP contribution is -2.31. The second kappa shape index (κ2) is 7.73. The zero-order valence-corrected chi connectivity index (χ0v) is 20.8. The van der Waals surface area contributed by atoms with Crippen LogP contribution in [0.5, 0.6) is 0 Å². The number of nitrogens with zero attached hydrogens (tertiary/aromatic N) is 1. The minimum Gasteiger partial charge on any atom is -0.465 e. The number of carbonyl (C=O) groups excluding carboxylic acids is 1. The summed E-state index contributed by atoms with van der Waals surface area (Å²) >= 11 is 0. The Morgan fingerprint density at radius 2 is 1.56 bits per heavy atom. The van der Waals surface area contributed by atoms with Crippen molar-refractivity contribution in [3.05, 3.63) is 101 Å². The van der Waals surface area contributed by atoms with Crippen LogP contribution in [0.15, 0.2) is 78.9 Å². The average Bonchev–Trinajstić information content (AvgIpc) is 2.82. The van der Waals surface area contributed by atoms with Crippen molar-refractivity contribution in [3.63, 3.8) is 0 Å². The minimum absolute atomic E-state index is 0.0527. The van der Waals surface area contributed by atoms with Gasteiger partial charge in [-0.15, -0.1) is 0 Å². The minimum atomic E-state index is -0.315. The Kier molecular flexibility index (Phi) is 5.05. The van der Waals surface area contributed by atoms with Gasteiger partial charge >= 0.3 is 5.97 Å². The molecule has 0 aliphatic carbocycles. The molecule has 0 unspecified atom stereocenters. The number of esters is 1. The monoisotopic (exact) mass is 449 g/mol. The lowest BCUT2D eigenvalue weighted by Gasteiger charge is -2.43. The lowest BCUT2D eigenvalue weighted by atomic mass is 9.70. The maximum absolute atomic E-state index is 12.2. The van der Waals surface area contributed by atoms with Crippen LogP contribution in [-0.4, -0.2) is 13.1 Å². The third kappa shape index (κ3) is 3.38. The van der Waals surface area contributed by atoms with Gasteiger partial charge in [0.05, 0.1) is 24.0 Å². The number of benzene rings is 4. The first-order valence-corrected chi connectivity index (χ1v) is 11.8. The highest BCUT2D eigenvalue weighted by atomic mass is 16.5. The molecule has 34 heavy (non-hydrogen) atoms. The SMILES string of the molecule is COC(=O)c1ccc2c3c(ccc2c1)N(c1ccccc1)c1ccc(C(C)(C)C)cc1C3(C)C. The van der Waals surface area contributed by atoms with Gasteiger partial charge in [-0.2, -0.15) is 0 Å². The van der Waals surface area contributed by atoms with Gasteiger partial charge in [-0.1, -0.05) is 77.1 Å². The molecule has 0 N–H and O–H groups in total. The third-order valence-electron chi connectivity index (χ3n) is 7.08. The van der Waals surface area contributed by atoms with Gasteiger partial charge in [-0.25, -0.2) is 4.79 Å². The fraction of sp³-hybridized carbons (Fsp3) is 0.258. The molecular formula is C31H31NO2. The molecule has 0 aromatic heterocycles. The summed E-state index contributed by atoms with van der Waals surface area (Å²) in [5, 5.41) is 2.20. The van der Waals surface area contributed by atoms with Crippen molar-refractivity contribution >= 4 is 33.8 Å². The van der Waals surface area contributed by atoms with E-state index < -0.39 is 0 Å². The summed E-state index contributed by atoms with van der Waals surface area (Å²) < 4.78 is 4.96. The van der Waals surface area contributed by atoms with Crippen molar-refractivity contribution in [2.75, 3.05) is 12.0 Å². The Balaban J connectivity index is 1.84. The van der Waals surface area contributed by atoms with Crippen molar-refractivity contribution in [1.29, 1.82) is 0 Å². The lowest BCUT2D eigenvalue weighted by molar-refractivity contribution is 0.0601. The fourth-order valence-electron chi connectivity index (χ4n) is 5.22. The van der Waals surface area contributed by atoms with E-state index in [1.807, 2.05) is 12.1 Å². The Morgan fingerprint density at radius 1 is 0.853 bits per heavy atom. The largest absolute Gasteiger partial charge is 0.465 e. The van der Waals surface area contributed by atoms with Crippen LogP contribution >= 0.6 is 0 Å². The molecule has 0 amide bonds. The molecule has 3 nitrogen and oxygen atoms in total. The smallest absolute Gasteiger partial charge is 0.337 e. The molecule has 0 saturated carbocycles. The molecular weight excluding hydrogens is 418 g/mol. The number of hydrogen-bond donors (Lipinski definition) is 0. The highest BCUT2D eigenvalue weighted by Crippen LogP contribution is 2.54. The van der Waals surface area contributed by atoms with Crippen LogP contribution in [0.3, 0.4) is 0 Å². The summed E-state index contributed by atoms with van der Waals surface area (Å²) in [5.41, 5.74) is 7.80. The predicted molar refractivity (Wildman–Crippen MR) is 141 cm³/mol. The number of carbonyl (C=O) groups is 1. The number of hydrogen-bond acceptors (Lipinski definition) is 3. The Bertz CT molecular complexity index is 1410. The summed E-state index contributed by atoms with van der Waals surface area (Å²) in [6, 6.07) is 27.7. The summed E-state index contributed by atoms with van der Waals surface area (Å²) in [6.45, 7) is 11.4. The van der Waals surface area contributed by atoms with Crippen LogP contribution in [0.4, 0.5) is 17.1 Å². The maximum Gasteiger partial charge on any atom is 0.337 e. The normalized spacial score (nSPS) is 14.5. The number of anilines is 3. The van der Waals surface area contributed by atoms with Gasteiger partial charge in [0.1, 0.15) is 0 Å². The first-order valence-electron chi connectivity index (χ1n) is 11.8. The zero-order chi connectivity index (χ0) is 24.3. The molecule has 1 aliphatic heterocycles. The van der Waals surface area contributed by atoms with E-state index in [2.05, 4.69) is 106 Å². The Labute approximate surface area is 202 Å². The van der Waals surface area contributed by atoms with E-state index in [1.165, 1.54) is 35.2 Å². The number of ether oxygens (including phenoxy) is 1. The van der Waals surface area contributed by atoms with Crippen LogP contribution in [0.25, 0.3) is 10.8 Å². The summed E-state index contributed by atoms with van der Waals surface area (Å²) in [4.78, 5) is 14.5. The van der Waals surface area contributed by atoms with E-state index in [0.717, 1.165) is 16.5 Å². The van der Waals surface area contributed by atoms with Crippen molar-refractivity contribution in [3.8, 4) is 0 Å². The van der Waals surface area contributed by atoms with Crippen LogP contribution < -0.4 is 4.90 Å². The molecule has 4 aromatic carbocycles. The van der Waals surface area contributed by atoms with Crippen LogP contribution in [0.1, 0.15) is 61.7 Å². The first kappa shape index (κ1) is 22.2. The Hall–Kier alpha value is -3.59. The number of fused-ring (bicyclic) bond motifs is 4. The van der Waals surface area contributed by atoms with Crippen LogP contribution in [0, 0.1) is 0 Å². The quantitative estimate of drug-likeness (QED) is 0.290. The molecule has 0 spiro atoms. The number of para-hydroxylation sites is 1. The standard InChI is InChI=1S/C31H31NO2/c1-30(2,3)22-14-17-26-25(19-22)31(4,5)28-24-15-12-21(29(33)34-6)18-20(24)13-16-27(28)32(26)23-10-8-7-9-11-23/h7-19H,1-6H3. The molecule has 5 rings (SSSR count). The van der Waals surface area contributed by atoms with Crippen molar-refractivity contribution < 1.29 is 9.53 Å². The topological polar surface area (TPSA) is 29.5 Å². The molecule has 0 bridgehead atoms. The second-order valence-electron chi connectivity index (χ2n) is 10.7. The third-order valence-corrected chi connectivity index (χ3v) is 7.08. The molecule has 4 aromatic rings. The van der Waals surface area contributed by atoms with Gasteiger partial charge in [0.2, 0.25) is 0 Å². The fourth-order valence-corrected chi connectivity index (χ4v) is 5.22. The van der Waals surface area contributed by atoms with Gasteiger partial charge in [0.25, 0.3) is 0 Å². The van der Waals surface area contributed by atoms with Gasteiger partial charge in [0, 0.05) is 11.1 Å². The number of rotatable bonds is 2. The van der Waals surface area contributed by atoms with Crippen LogP contribution in [-0.2, 0) is 15.6 Å². The van der Waals surface area contributed by atoms with E-state index >= 15 is 0 Å². The van der Waals surface area contributed by atoms with Gasteiger partial charge < -0.3 is 9.64 Å². The van der Waals surface area contributed by atoms with E-state index in [4.69, 9.17) is 4.74 Å². The summed E-state index contributed by atoms with van der Waals surface area (Å²) in [5.74, 6) is -0.315. The van der Waals surface area contributed by atoms with Crippen molar-refractivity contribution in [2.24, 2.45) is 0 Å².